The number of thiazole rings is 1. The van der Waals surface area contributed by atoms with Crippen molar-refractivity contribution >= 4 is 22.1 Å². The Balaban J connectivity index is 2.03. The Morgan fingerprint density at radius 2 is 1.90 bits per heavy atom. The maximum atomic E-state index is 12.7. The van der Waals surface area contributed by atoms with Gasteiger partial charge < -0.3 is 0 Å². The average Bonchev–Trinajstić information content (AvgIpc) is 3.21. The van der Waals surface area contributed by atoms with Crippen molar-refractivity contribution in [3.8, 4) is 10.6 Å². The van der Waals surface area contributed by atoms with Gasteiger partial charge in [0.25, 0.3) is 5.56 Å². The molecule has 106 valence electrons. The first-order valence-corrected chi connectivity index (χ1v) is 8.13. The van der Waals surface area contributed by atoms with Crippen LogP contribution in [0.1, 0.15) is 31.7 Å². The highest BCUT2D eigenvalue weighted by Crippen LogP contribution is 2.31. The molecular weight excluding hydrogens is 282 g/mol. The van der Waals surface area contributed by atoms with Gasteiger partial charge in [0.05, 0.1) is 21.8 Å². The van der Waals surface area contributed by atoms with E-state index in [2.05, 4.69) is 4.98 Å². The maximum absolute atomic E-state index is 12.7. The van der Waals surface area contributed by atoms with Crippen LogP contribution in [-0.2, 0) is 0 Å². The fourth-order valence-corrected chi connectivity index (χ4v) is 3.74. The molecule has 0 spiro atoms. The van der Waals surface area contributed by atoms with Crippen molar-refractivity contribution in [2.75, 3.05) is 0 Å². The predicted octanol–water partition coefficient (Wildman–Crippen LogP) is 3.64. The molecule has 0 N–H and O–H groups in total. The number of rotatable bonds is 2. The monoisotopic (exact) mass is 297 g/mol. The van der Waals surface area contributed by atoms with Crippen LogP contribution in [0.15, 0.2) is 40.8 Å². The van der Waals surface area contributed by atoms with Gasteiger partial charge in [-0.3, -0.25) is 9.78 Å². The second kappa shape index (κ2) is 5.07. The summed E-state index contributed by atoms with van der Waals surface area (Å²) >= 11 is 1.56. The summed E-state index contributed by atoms with van der Waals surface area (Å²) in [6.45, 7) is 0. The molecule has 0 unspecified atom stereocenters. The zero-order chi connectivity index (χ0) is 14.2. The van der Waals surface area contributed by atoms with Crippen molar-refractivity contribution in [2.24, 2.45) is 0 Å². The molecule has 2 heterocycles. The molecule has 0 radical (unpaired) electrons. The molecule has 1 saturated carbocycles. The minimum Gasteiger partial charge on any atom is -0.267 e. The Morgan fingerprint density at radius 3 is 2.62 bits per heavy atom. The molecule has 1 aromatic carbocycles. The fourth-order valence-electron chi connectivity index (χ4n) is 3.12. The van der Waals surface area contributed by atoms with Crippen LogP contribution in [0.4, 0.5) is 0 Å². The Kier molecular flexibility index (Phi) is 3.07. The van der Waals surface area contributed by atoms with E-state index in [0.29, 0.717) is 0 Å². The molecule has 1 aliphatic carbocycles. The summed E-state index contributed by atoms with van der Waals surface area (Å²) in [4.78, 5) is 17.9. The number of benzene rings is 1. The first-order chi connectivity index (χ1) is 10.3. The maximum Gasteiger partial charge on any atom is 0.274 e. The van der Waals surface area contributed by atoms with Crippen molar-refractivity contribution in [3.05, 3.63) is 46.3 Å². The number of aromatic nitrogens is 3. The van der Waals surface area contributed by atoms with Crippen LogP contribution < -0.4 is 5.56 Å². The molecular formula is C16H15N3OS. The third-order valence-corrected chi connectivity index (χ3v) is 4.94. The lowest BCUT2D eigenvalue weighted by Crippen LogP contribution is -2.26. The van der Waals surface area contributed by atoms with Crippen LogP contribution in [0, 0.1) is 0 Å². The fraction of sp³-hybridized carbons (Fsp3) is 0.312. The number of fused-ring (bicyclic) bond motifs is 1. The van der Waals surface area contributed by atoms with Gasteiger partial charge in [-0.25, -0.2) is 4.68 Å². The Bertz CT molecular complexity index is 832. The number of nitrogens with zero attached hydrogens (tertiary/aromatic N) is 3. The van der Waals surface area contributed by atoms with Crippen LogP contribution in [0.25, 0.3) is 21.3 Å². The van der Waals surface area contributed by atoms with E-state index >= 15 is 0 Å². The first-order valence-electron chi connectivity index (χ1n) is 7.25. The summed E-state index contributed by atoms with van der Waals surface area (Å²) in [5.74, 6) is 0. The van der Waals surface area contributed by atoms with Crippen LogP contribution in [0.2, 0.25) is 0 Å². The quantitative estimate of drug-likeness (QED) is 0.725. The third-order valence-electron chi connectivity index (χ3n) is 4.16. The summed E-state index contributed by atoms with van der Waals surface area (Å²) in [5.41, 5.74) is 2.71. The van der Waals surface area contributed by atoms with Crippen LogP contribution in [0.3, 0.4) is 0 Å². The molecule has 4 rings (SSSR count). The molecule has 5 heteroatoms. The molecule has 0 amide bonds. The van der Waals surface area contributed by atoms with E-state index in [9.17, 15) is 4.79 Å². The normalized spacial score (nSPS) is 15.8. The van der Waals surface area contributed by atoms with Gasteiger partial charge in [0.1, 0.15) is 5.69 Å². The summed E-state index contributed by atoms with van der Waals surface area (Å²) < 4.78 is 1.71. The molecule has 0 aliphatic heterocycles. The zero-order valence-corrected chi connectivity index (χ0v) is 12.3. The Hall–Kier alpha value is -2.01. The highest BCUT2D eigenvalue weighted by atomic mass is 32.1. The molecule has 3 aromatic rings. The Morgan fingerprint density at radius 1 is 1.14 bits per heavy atom. The van der Waals surface area contributed by atoms with Crippen molar-refractivity contribution < 1.29 is 0 Å². The van der Waals surface area contributed by atoms with Crippen molar-refractivity contribution in [1.29, 1.82) is 0 Å². The summed E-state index contributed by atoms with van der Waals surface area (Å²) in [6, 6.07) is 7.98. The largest absolute Gasteiger partial charge is 0.274 e. The molecule has 4 nitrogen and oxygen atoms in total. The lowest BCUT2D eigenvalue weighted by atomic mass is 10.1. The molecule has 2 aromatic heterocycles. The van der Waals surface area contributed by atoms with Gasteiger partial charge in [-0.05, 0) is 18.9 Å². The second-order valence-electron chi connectivity index (χ2n) is 5.45. The summed E-state index contributed by atoms with van der Waals surface area (Å²) in [5, 5.41) is 6.37. The van der Waals surface area contributed by atoms with Crippen molar-refractivity contribution in [3.63, 3.8) is 0 Å². The average molecular weight is 297 g/mol. The Labute approximate surface area is 126 Å². The van der Waals surface area contributed by atoms with E-state index in [1.165, 1.54) is 12.8 Å². The van der Waals surface area contributed by atoms with E-state index in [-0.39, 0.29) is 11.6 Å². The van der Waals surface area contributed by atoms with Gasteiger partial charge in [-0.15, -0.1) is 11.3 Å². The highest BCUT2D eigenvalue weighted by molar-refractivity contribution is 7.13. The molecule has 0 atom stereocenters. The van der Waals surface area contributed by atoms with E-state index < -0.39 is 0 Å². The van der Waals surface area contributed by atoms with Gasteiger partial charge in [0, 0.05) is 11.6 Å². The lowest BCUT2D eigenvalue weighted by Gasteiger charge is -2.15. The number of hydrogen-bond donors (Lipinski definition) is 0. The minimum absolute atomic E-state index is 0.0331. The van der Waals surface area contributed by atoms with Gasteiger partial charge in [0.2, 0.25) is 0 Å². The third kappa shape index (κ3) is 2.08. The predicted molar refractivity (Wildman–Crippen MR) is 84.6 cm³/mol. The summed E-state index contributed by atoms with van der Waals surface area (Å²) in [7, 11) is 0. The number of hydrogen-bond acceptors (Lipinski definition) is 4. The van der Waals surface area contributed by atoms with Crippen LogP contribution in [-0.4, -0.2) is 14.8 Å². The second-order valence-corrected chi connectivity index (χ2v) is 6.33. The van der Waals surface area contributed by atoms with E-state index in [1.807, 2.05) is 30.5 Å². The standard InChI is InChI=1S/C16H15N3OS/c20-16-13-8-4-3-7-12(13)15(14-9-17-10-21-14)18-19(16)11-5-1-2-6-11/h3-4,7-11H,1-2,5-6H2. The van der Waals surface area contributed by atoms with Gasteiger partial charge in [-0.2, -0.15) is 5.10 Å². The summed E-state index contributed by atoms with van der Waals surface area (Å²) in [6.07, 6.45) is 6.28. The minimum atomic E-state index is 0.0331. The lowest BCUT2D eigenvalue weighted by molar-refractivity contribution is 0.449. The molecule has 1 fully saturated rings. The molecule has 21 heavy (non-hydrogen) atoms. The SMILES string of the molecule is O=c1c2ccccc2c(-c2cncs2)nn1C1CCCC1. The highest BCUT2D eigenvalue weighted by Gasteiger charge is 2.22. The van der Waals surface area contributed by atoms with Crippen molar-refractivity contribution in [1.82, 2.24) is 14.8 Å². The van der Waals surface area contributed by atoms with Gasteiger partial charge in [-0.1, -0.05) is 31.0 Å². The smallest absolute Gasteiger partial charge is 0.267 e. The first kappa shape index (κ1) is 12.7. The zero-order valence-electron chi connectivity index (χ0n) is 11.5. The topological polar surface area (TPSA) is 47.8 Å². The molecule has 0 bridgehead atoms. The van der Waals surface area contributed by atoms with E-state index in [4.69, 9.17) is 5.10 Å². The van der Waals surface area contributed by atoms with Crippen LogP contribution >= 0.6 is 11.3 Å². The molecule has 1 aliphatic rings. The molecule has 0 saturated heterocycles. The van der Waals surface area contributed by atoms with Gasteiger partial charge in [0.15, 0.2) is 0 Å². The van der Waals surface area contributed by atoms with Crippen LogP contribution in [0.5, 0.6) is 0 Å². The van der Waals surface area contributed by atoms with E-state index in [1.54, 1.807) is 21.5 Å². The van der Waals surface area contributed by atoms with Crippen molar-refractivity contribution in [2.45, 2.75) is 31.7 Å². The van der Waals surface area contributed by atoms with Gasteiger partial charge >= 0.3 is 0 Å². The van der Waals surface area contributed by atoms with E-state index in [0.717, 1.165) is 34.2 Å².